The number of ether oxygens (including phenoxy) is 2. The molecule has 224 valence electrons. The van der Waals surface area contributed by atoms with E-state index in [0.717, 1.165) is 5.56 Å². The van der Waals surface area contributed by atoms with Crippen LogP contribution in [0.4, 0.5) is 4.39 Å². The number of hydrogen-bond acceptors (Lipinski definition) is 6. The predicted molar refractivity (Wildman–Crippen MR) is 166 cm³/mol. The number of pyridine rings is 1. The van der Waals surface area contributed by atoms with Crippen LogP contribution in [0.3, 0.4) is 0 Å². The first-order chi connectivity index (χ1) is 19.8. The Bertz CT molecular complexity index is 1470. The van der Waals surface area contributed by atoms with E-state index in [-0.39, 0.29) is 40.2 Å². The zero-order valence-corrected chi connectivity index (χ0v) is 26.9. The number of hydrogen-bond donors (Lipinski definition) is 0. The Kier molecular flexibility index (Phi) is 9.91. The van der Waals surface area contributed by atoms with Crippen LogP contribution in [-0.2, 0) is 11.0 Å². The van der Waals surface area contributed by atoms with E-state index in [9.17, 15) is 14.0 Å². The minimum absolute atomic E-state index is 0.00829. The van der Waals surface area contributed by atoms with Gasteiger partial charge in [0.2, 0.25) is 0 Å². The summed E-state index contributed by atoms with van der Waals surface area (Å²) in [6.07, 6.45) is 2.33. The van der Waals surface area contributed by atoms with Crippen molar-refractivity contribution in [1.82, 2.24) is 4.98 Å². The lowest BCUT2D eigenvalue weighted by Gasteiger charge is -2.36. The second-order valence-corrected chi connectivity index (χ2v) is 17.6. The van der Waals surface area contributed by atoms with Gasteiger partial charge in [0.05, 0.1) is 31.0 Å². The summed E-state index contributed by atoms with van der Waals surface area (Å²) in [6, 6.07) is 13.0. The van der Waals surface area contributed by atoms with Crippen molar-refractivity contribution in [2.75, 3.05) is 13.7 Å². The molecule has 0 atom stereocenters. The van der Waals surface area contributed by atoms with Crippen LogP contribution in [0.5, 0.6) is 11.5 Å². The number of benzene rings is 2. The van der Waals surface area contributed by atoms with Crippen molar-refractivity contribution in [3.8, 4) is 22.8 Å². The van der Waals surface area contributed by atoms with Gasteiger partial charge in [-0.3, -0.25) is 9.59 Å². The highest BCUT2D eigenvalue weighted by Crippen LogP contribution is 2.37. The van der Waals surface area contributed by atoms with Gasteiger partial charge in [-0.2, -0.15) is 0 Å². The van der Waals surface area contributed by atoms with Crippen molar-refractivity contribution in [1.29, 1.82) is 0 Å². The molecule has 0 aliphatic heterocycles. The summed E-state index contributed by atoms with van der Waals surface area (Å²) < 4.78 is 31.5. The third kappa shape index (κ3) is 8.05. The van der Waals surface area contributed by atoms with Gasteiger partial charge in [-0.15, -0.1) is 0 Å². The smallest absolute Gasteiger partial charge is 0.192 e. The van der Waals surface area contributed by atoms with Gasteiger partial charge < -0.3 is 13.9 Å². The highest BCUT2D eigenvalue weighted by Gasteiger charge is 2.37. The molecule has 1 aromatic heterocycles. The Hall–Kier alpha value is -3.07. The van der Waals surface area contributed by atoms with E-state index < -0.39 is 14.1 Å². The molecule has 1 aliphatic carbocycles. The van der Waals surface area contributed by atoms with E-state index in [1.165, 1.54) is 32.1 Å². The van der Waals surface area contributed by atoms with Gasteiger partial charge in [0.1, 0.15) is 11.5 Å². The van der Waals surface area contributed by atoms with Crippen LogP contribution in [0.2, 0.25) is 23.2 Å². The average molecular weight is 612 g/mol. The Labute approximate surface area is 253 Å². The molecule has 0 N–H and O–H groups in total. The topological polar surface area (TPSA) is 74.7 Å². The zero-order valence-electron chi connectivity index (χ0n) is 25.2. The van der Waals surface area contributed by atoms with Gasteiger partial charge in [0, 0.05) is 24.0 Å². The molecule has 0 radical (unpaired) electrons. The number of carbonyl (C=O) groups excluding carboxylic acids is 2. The Balaban J connectivity index is 1.52. The molecule has 6 nitrogen and oxygen atoms in total. The molecule has 1 aliphatic rings. The van der Waals surface area contributed by atoms with Crippen molar-refractivity contribution in [3.05, 3.63) is 76.2 Å². The second kappa shape index (κ2) is 13.1. The predicted octanol–water partition coefficient (Wildman–Crippen LogP) is 8.71. The number of aromatic nitrogens is 1. The molecule has 1 saturated carbocycles. The fraction of sp³-hybridized carbons (Fsp3) is 0.424. The fourth-order valence-electron chi connectivity index (χ4n) is 4.05. The minimum Gasteiger partial charge on any atom is -0.493 e. The quantitative estimate of drug-likeness (QED) is 0.142. The third-order valence-corrected chi connectivity index (χ3v) is 12.8. The van der Waals surface area contributed by atoms with Crippen LogP contribution in [0.15, 0.2) is 48.5 Å². The summed E-state index contributed by atoms with van der Waals surface area (Å²) in [4.78, 5) is 31.0. The van der Waals surface area contributed by atoms with Gasteiger partial charge in [0.15, 0.2) is 31.4 Å². The molecule has 0 bridgehead atoms. The lowest BCUT2D eigenvalue weighted by atomic mass is 10.0. The number of ketones is 2. The standard InChI is InChI=1S/C33H39ClFNO5Si/c1-33(2,3)42(5,6)41-20-22-15-27(23-9-11-26(35)25(34)17-23)36-28(16-22)30(38)13-12-29(37)24-10-14-31(32(18-24)39-4)40-19-21-7-8-21/h9-11,14-18,21H,7-8,12-13,19-20H2,1-6H3. The fourth-order valence-corrected chi connectivity index (χ4v) is 5.19. The second-order valence-electron chi connectivity index (χ2n) is 12.4. The molecule has 0 unspecified atom stereocenters. The number of nitrogens with zero attached hydrogens (tertiary/aromatic N) is 1. The molecule has 1 fully saturated rings. The molecule has 3 aromatic rings. The lowest BCUT2D eigenvalue weighted by molar-refractivity contribution is 0.0914. The van der Waals surface area contributed by atoms with Gasteiger partial charge in [0.25, 0.3) is 0 Å². The maximum Gasteiger partial charge on any atom is 0.192 e. The van der Waals surface area contributed by atoms with Gasteiger partial charge in [-0.25, -0.2) is 9.37 Å². The average Bonchev–Trinajstić information content (AvgIpc) is 3.78. The maximum absolute atomic E-state index is 13.9. The monoisotopic (exact) mass is 611 g/mol. The van der Waals surface area contributed by atoms with Gasteiger partial charge >= 0.3 is 0 Å². The van der Waals surface area contributed by atoms with Crippen molar-refractivity contribution < 1.29 is 27.9 Å². The molecule has 1 heterocycles. The van der Waals surface area contributed by atoms with E-state index in [4.69, 9.17) is 25.5 Å². The molecular weight excluding hydrogens is 573 g/mol. The van der Waals surface area contributed by atoms with Crippen molar-refractivity contribution in [3.63, 3.8) is 0 Å². The molecule has 4 rings (SSSR count). The van der Waals surface area contributed by atoms with Crippen molar-refractivity contribution in [2.24, 2.45) is 5.92 Å². The van der Waals surface area contributed by atoms with E-state index in [1.807, 2.05) is 6.07 Å². The van der Waals surface area contributed by atoms with Crippen molar-refractivity contribution in [2.45, 2.75) is 71.2 Å². The summed E-state index contributed by atoms with van der Waals surface area (Å²) in [5.41, 5.74) is 2.50. The van der Waals surface area contributed by atoms with Crippen LogP contribution in [0, 0.1) is 11.7 Å². The molecule has 0 saturated heterocycles. The molecule has 0 spiro atoms. The van der Waals surface area contributed by atoms with E-state index in [1.54, 1.807) is 30.3 Å². The molecule has 0 amide bonds. The first-order valence-corrected chi connectivity index (χ1v) is 17.5. The Morgan fingerprint density at radius 2 is 1.71 bits per heavy atom. The third-order valence-electron chi connectivity index (χ3n) is 8.03. The number of methoxy groups -OCH3 is 1. The van der Waals surface area contributed by atoms with E-state index in [2.05, 4.69) is 38.8 Å². The largest absolute Gasteiger partial charge is 0.493 e. The normalized spacial score (nSPS) is 13.6. The Morgan fingerprint density at radius 1 is 1.00 bits per heavy atom. The number of halogens is 2. The van der Waals surface area contributed by atoms with Gasteiger partial charge in [-0.05, 0) is 91.0 Å². The van der Waals surface area contributed by atoms with Crippen LogP contribution in [0.1, 0.15) is 72.9 Å². The zero-order chi connectivity index (χ0) is 30.7. The number of Topliss-reactive ketones (excluding diaryl/α,β-unsaturated/α-hetero) is 2. The maximum atomic E-state index is 13.9. The first kappa shape index (κ1) is 31.9. The van der Waals surface area contributed by atoms with Crippen LogP contribution >= 0.6 is 11.6 Å². The SMILES string of the molecule is COc1cc(C(=O)CCC(=O)c2cc(CO[Si](C)(C)C(C)(C)C)cc(-c3ccc(F)c(Cl)c3)n2)ccc1OCC1CC1. The lowest BCUT2D eigenvalue weighted by Crippen LogP contribution is -2.40. The van der Waals surface area contributed by atoms with Crippen LogP contribution in [-0.4, -0.2) is 38.6 Å². The summed E-state index contributed by atoms with van der Waals surface area (Å²) in [5.74, 6) is 0.694. The minimum atomic E-state index is -2.07. The Morgan fingerprint density at radius 3 is 2.36 bits per heavy atom. The summed E-state index contributed by atoms with van der Waals surface area (Å²) in [5, 5.41) is -0.0218. The van der Waals surface area contributed by atoms with E-state index >= 15 is 0 Å². The van der Waals surface area contributed by atoms with Crippen molar-refractivity contribution >= 4 is 31.5 Å². The van der Waals surface area contributed by atoms with Gasteiger partial charge in [-0.1, -0.05) is 32.4 Å². The molecule has 2 aromatic carbocycles. The summed E-state index contributed by atoms with van der Waals surface area (Å²) >= 11 is 6.04. The highest BCUT2D eigenvalue weighted by atomic mass is 35.5. The van der Waals surface area contributed by atoms with Crippen LogP contribution < -0.4 is 9.47 Å². The summed E-state index contributed by atoms with van der Waals surface area (Å²) in [7, 11) is -0.535. The molecular formula is C33H39ClFNO5Si. The van der Waals surface area contributed by atoms with Crippen LogP contribution in [0.25, 0.3) is 11.3 Å². The number of rotatable bonds is 13. The molecule has 42 heavy (non-hydrogen) atoms. The summed E-state index contributed by atoms with van der Waals surface area (Å²) in [6.45, 7) is 11.7. The van der Waals surface area contributed by atoms with E-state index in [0.29, 0.717) is 47.5 Å². The molecule has 9 heteroatoms. The first-order valence-electron chi connectivity index (χ1n) is 14.2. The highest BCUT2D eigenvalue weighted by molar-refractivity contribution is 6.74. The number of carbonyl (C=O) groups is 2.